The molecule has 2 aliphatic rings. The van der Waals surface area contributed by atoms with E-state index in [1.54, 1.807) is 47.7 Å². The number of hydrogen-bond acceptors (Lipinski definition) is 5. The molecule has 1 aromatic heterocycles. The molecule has 3 aromatic rings. The van der Waals surface area contributed by atoms with Gasteiger partial charge in [0, 0.05) is 6.42 Å². The van der Waals surface area contributed by atoms with Crippen LogP contribution in [0.2, 0.25) is 0 Å². The Bertz CT molecular complexity index is 1130. The van der Waals surface area contributed by atoms with E-state index in [0.717, 1.165) is 16.2 Å². The first-order valence-corrected chi connectivity index (χ1v) is 10.1. The second-order valence-corrected chi connectivity index (χ2v) is 7.90. The van der Waals surface area contributed by atoms with Crippen LogP contribution in [-0.2, 0) is 4.79 Å². The van der Waals surface area contributed by atoms with Crippen molar-refractivity contribution in [3.63, 3.8) is 0 Å². The summed E-state index contributed by atoms with van der Waals surface area (Å²) in [5, 5.41) is 8.58. The Balaban J connectivity index is 1.50. The molecular formula is C22H16FN3O2S. The Labute approximate surface area is 170 Å². The lowest BCUT2D eigenvalue weighted by atomic mass is 10.0. The molecule has 1 amide bonds. The summed E-state index contributed by atoms with van der Waals surface area (Å²) in [5.41, 5.74) is 2.84. The van der Waals surface area contributed by atoms with Gasteiger partial charge in [-0.2, -0.15) is 5.10 Å². The number of hydrogen-bond donors (Lipinski definition) is 0. The van der Waals surface area contributed by atoms with Crippen molar-refractivity contribution >= 4 is 34.4 Å². The fraction of sp³-hybridized carbons (Fsp3) is 0.136. The van der Waals surface area contributed by atoms with Crippen LogP contribution in [-0.4, -0.2) is 29.1 Å². The van der Waals surface area contributed by atoms with Crippen molar-refractivity contribution in [1.82, 2.24) is 5.01 Å². The van der Waals surface area contributed by atoms with Gasteiger partial charge in [0.25, 0.3) is 5.78 Å². The minimum Gasteiger partial charge on any atom is -0.285 e. The lowest BCUT2D eigenvalue weighted by Gasteiger charge is -2.28. The van der Waals surface area contributed by atoms with Gasteiger partial charge in [-0.1, -0.05) is 30.3 Å². The maximum atomic E-state index is 13.4. The molecule has 2 aromatic carbocycles. The molecule has 0 radical (unpaired) electrons. The number of rotatable bonds is 4. The maximum absolute atomic E-state index is 13.4. The number of nitrogens with zero attached hydrogens (tertiary/aromatic N) is 3. The van der Waals surface area contributed by atoms with Gasteiger partial charge < -0.3 is 0 Å². The highest BCUT2D eigenvalue weighted by Crippen LogP contribution is 2.36. The first-order valence-electron chi connectivity index (χ1n) is 9.20. The fourth-order valence-corrected chi connectivity index (χ4v) is 4.51. The Kier molecular flexibility index (Phi) is 4.24. The third-order valence-corrected chi connectivity index (χ3v) is 6.14. The summed E-state index contributed by atoms with van der Waals surface area (Å²) in [6.07, 6.45) is 0.643. The van der Waals surface area contributed by atoms with E-state index in [2.05, 4.69) is 0 Å². The average Bonchev–Trinajstić information content (AvgIpc) is 3.45. The number of amides is 1. The molecule has 1 atom stereocenters. The Morgan fingerprint density at radius 3 is 2.59 bits per heavy atom. The van der Waals surface area contributed by atoms with E-state index < -0.39 is 11.7 Å². The highest BCUT2D eigenvalue weighted by Gasteiger charge is 2.39. The second-order valence-electron chi connectivity index (χ2n) is 6.96. The summed E-state index contributed by atoms with van der Waals surface area (Å²) >= 11 is 1.60. The van der Waals surface area contributed by atoms with Gasteiger partial charge in [0.15, 0.2) is 0 Å². The zero-order valence-corrected chi connectivity index (χ0v) is 16.1. The van der Waals surface area contributed by atoms with Gasteiger partial charge in [-0.3, -0.25) is 19.5 Å². The number of carbonyl (C=O) groups is 2. The molecule has 3 heterocycles. The molecule has 0 N–H and O–H groups in total. The van der Waals surface area contributed by atoms with Gasteiger partial charge in [0.2, 0.25) is 0 Å². The standard InChI is InChI=1S/C22H16FN3O2S/c23-15-9-7-14(8-10-15)19-12-17(20-6-3-11-29-20)24-26(19)13-25-18-5-2-1-4-16(18)21(27)22(25)28/h1-11,19H,12-13H2/t19-/m1/s1. The van der Waals surface area contributed by atoms with E-state index in [1.165, 1.54) is 17.0 Å². The van der Waals surface area contributed by atoms with E-state index in [1.807, 2.05) is 22.5 Å². The van der Waals surface area contributed by atoms with Crippen LogP contribution in [0.3, 0.4) is 0 Å². The van der Waals surface area contributed by atoms with E-state index in [-0.39, 0.29) is 18.5 Å². The summed E-state index contributed by atoms with van der Waals surface area (Å²) in [7, 11) is 0. The Hall–Kier alpha value is -3.32. The molecule has 144 valence electrons. The van der Waals surface area contributed by atoms with Crippen LogP contribution in [0.15, 0.2) is 71.1 Å². The van der Waals surface area contributed by atoms with Gasteiger partial charge in [0.1, 0.15) is 12.5 Å². The van der Waals surface area contributed by atoms with Crippen molar-refractivity contribution in [2.45, 2.75) is 12.5 Å². The monoisotopic (exact) mass is 405 g/mol. The number of benzene rings is 2. The molecule has 0 fully saturated rings. The van der Waals surface area contributed by atoms with Crippen LogP contribution >= 0.6 is 11.3 Å². The van der Waals surface area contributed by atoms with Crippen LogP contribution in [0.1, 0.15) is 33.3 Å². The van der Waals surface area contributed by atoms with E-state index >= 15 is 0 Å². The smallest absolute Gasteiger partial charge is 0.285 e. The average molecular weight is 405 g/mol. The van der Waals surface area contributed by atoms with Crippen molar-refractivity contribution in [3.8, 4) is 0 Å². The number of para-hydroxylation sites is 1. The SMILES string of the molecule is O=C1C(=O)N(CN2N=C(c3cccs3)C[C@@H]2c2ccc(F)cc2)c2ccccc21. The van der Waals surface area contributed by atoms with Gasteiger partial charge in [0.05, 0.1) is 27.9 Å². The summed E-state index contributed by atoms with van der Waals surface area (Å²) in [6, 6.07) is 17.1. The van der Waals surface area contributed by atoms with Gasteiger partial charge >= 0.3 is 5.91 Å². The van der Waals surface area contributed by atoms with Crippen molar-refractivity contribution in [3.05, 3.63) is 87.9 Å². The van der Waals surface area contributed by atoms with E-state index in [0.29, 0.717) is 17.7 Å². The van der Waals surface area contributed by atoms with Crippen LogP contribution in [0.4, 0.5) is 10.1 Å². The van der Waals surface area contributed by atoms with Crippen molar-refractivity contribution in [1.29, 1.82) is 0 Å². The first kappa shape index (κ1) is 17.8. The lowest BCUT2D eigenvalue weighted by molar-refractivity contribution is -0.114. The zero-order chi connectivity index (χ0) is 20.0. The molecule has 29 heavy (non-hydrogen) atoms. The molecule has 0 unspecified atom stereocenters. The highest BCUT2D eigenvalue weighted by molar-refractivity contribution is 7.12. The summed E-state index contributed by atoms with van der Waals surface area (Å²) < 4.78 is 13.4. The summed E-state index contributed by atoms with van der Waals surface area (Å²) in [5.74, 6) is -1.35. The van der Waals surface area contributed by atoms with Gasteiger partial charge in [-0.15, -0.1) is 11.3 Å². The topological polar surface area (TPSA) is 53.0 Å². The van der Waals surface area contributed by atoms with Crippen LogP contribution in [0, 0.1) is 5.82 Å². The highest BCUT2D eigenvalue weighted by atomic mass is 32.1. The number of Topliss-reactive ketones (excluding diaryl/α,β-unsaturated/α-hetero) is 1. The minimum atomic E-state index is -0.552. The quantitative estimate of drug-likeness (QED) is 0.611. The van der Waals surface area contributed by atoms with Crippen molar-refractivity contribution in [2.75, 3.05) is 11.6 Å². The number of fused-ring (bicyclic) bond motifs is 1. The van der Waals surface area contributed by atoms with Crippen molar-refractivity contribution < 1.29 is 14.0 Å². The molecule has 0 saturated carbocycles. The molecule has 0 spiro atoms. The number of thiophene rings is 1. The molecular weight excluding hydrogens is 389 g/mol. The number of carbonyl (C=O) groups excluding carboxylic acids is 2. The number of ketones is 1. The summed E-state index contributed by atoms with van der Waals surface area (Å²) in [6.45, 7) is 0.151. The van der Waals surface area contributed by atoms with Gasteiger partial charge in [-0.25, -0.2) is 4.39 Å². The van der Waals surface area contributed by atoms with E-state index in [4.69, 9.17) is 5.10 Å². The lowest BCUT2D eigenvalue weighted by Crippen LogP contribution is -2.39. The molecule has 7 heteroatoms. The molecule has 0 bridgehead atoms. The molecule has 2 aliphatic heterocycles. The minimum absolute atomic E-state index is 0.150. The first-order chi connectivity index (χ1) is 14.1. The summed E-state index contributed by atoms with van der Waals surface area (Å²) in [4.78, 5) is 27.5. The normalized spacial score (nSPS) is 18.4. The second kappa shape index (κ2) is 6.93. The van der Waals surface area contributed by atoms with Crippen LogP contribution < -0.4 is 4.90 Å². The predicted molar refractivity (Wildman–Crippen MR) is 110 cm³/mol. The molecule has 0 saturated heterocycles. The zero-order valence-electron chi connectivity index (χ0n) is 15.3. The largest absolute Gasteiger partial charge is 0.301 e. The van der Waals surface area contributed by atoms with E-state index in [9.17, 15) is 14.0 Å². The Morgan fingerprint density at radius 2 is 1.83 bits per heavy atom. The predicted octanol–water partition coefficient (Wildman–Crippen LogP) is 4.23. The third-order valence-electron chi connectivity index (χ3n) is 5.22. The molecule has 5 nitrogen and oxygen atoms in total. The Morgan fingerprint density at radius 1 is 1.03 bits per heavy atom. The number of hydrazone groups is 1. The fourth-order valence-electron chi connectivity index (χ4n) is 3.79. The third kappa shape index (κ3) is 3.03. The number of anilines is 1. The molecule has 0 aliphatic carbocycles. The van der Waals surface area contributed by atoms with Crippen LogP contribution in [0.25, 0.3) is 0 Å². The molecule has 5 rings (SSSR count). The maximum Gasteiger partial charge on any atom is 0.301 e. The van der Waals surface area contributed by atoms with Crippen molar-refractivity contribution in [2.24, 2.45) is 5.10 Å². The number of halogens is 1. The van der Waals surface area contributed by atoms with Crippen LogP contribution in [0.5, 0.6) is 0 Å². The van der Waals surface area contributed by atoms with Gasteiger partial charge in [-0.05, 0) is 41.3 Å².